The van der Waals surface area contributed by atoms with E-state index < -0.39 is 0 Å². The Kier molecular flexibility index (Phi) is 5.92. The van der Waals surface area contributed by atoms with Gasteiger partial charge in [0.05, 0.1) is 0 Å². The summed E-state index contributed by atoms with van der Waals surface area (Å²) < 4.78 is 1.64. The van der Waals surface area contributed by atoms with Crippen LogP contribution in [0.3, 0.4) is 0 Å². The Morgan fingerprint density at radius 2 is 1.86 bits per heavy atom. The first kappa shape index (κ1) is 19.8. The number of hydrogen-bond donors (Lipinski definition) is 2. The topological polar surface area (TPSA) is 98.2 Å². The fourth-order valence-electron chi connectivity index (χ4n) is 3.33. The minimum Gasteiger partial charge on any atom is -0.366 e. The highest BCUT2D eigenvalue weighted by atomic mass is 16.1. The molecule has 28 heavy (non-hydrogen) atoms. The van der Waals surface area contributed by atoms with Crippen LogP contribution in [0.15, 0.2) is 24.3 Å². The predicted molar refractivity (Wildman–Crippen MR) is 110 cm³/mol. The number of aryl methyl sites for hydroxylation is 2. The van der Waals surface area contributed by atoms with E-state index in [9.17, 15) is 4.79 Å². The summed E-state index contributed by atoms with van der Waals surface area (Å²) in [7, 11) is 0. The average Bonchev–Trinajstić information content (AvgIpc) is 3.02. The number of rotatable bonds is 7. The number of carbonyl (C=O) groups is 1. The fraction of sp³-hybridized carbons (Fsp3) is 0.429. The minimum atomic E-state index is 0.0378. The lowest BCUT2D eigenvalue weighted by Crippen LogP contribution is -2.26. The van der Waals surface area contributed by atoms with Gasteiger partial charge in [0.2, 0.25) is 11.9 Å². The van der Waals surface area contributed by atoms with Gasteiger partial charge in [-0.25, -0.2) is 4.98 Å². The van der Waals surface area contributed by atoms with Crippen molar-refractivity contribution in [1.82, 2.24) is 24.9 Å². The summed E-state index contributed by atoms with van der Waals surface area (Å²) in [5.41, 5.74) is 11.0. The lowest BCUT2D eigenvalue weighted by Gasteiger charge is -2.11. The second-order valence-corrected chi connectivity index (χ2v) is 7.44. The van der Waals surface area contributed by atoms with Gasteiger partial charge in [0.15, 0.2) is 0 Å². The SMILES string of the molecule is Cc1nc2nc(N)nn2c(C)c1CCC(=O)NCCc1ccc(C(C)C)cc1. The van der Waals surface area contributed by atoms with Crippen LogP contribution in [0.25, 0.3) is 5.78 Å². The molecule has 0 fully saturated rings. The molecule has 0 atom stereocenters. The Bertz CT molecular complexity index is 975. The largest absolute Gasteiger partial charge is 0.366 e. The molecular weight excluding hydrogens is 352 g/mol. The number of nitrogens with zero attached hydrogens (tertiary/aromatic N) is 4. The quantitative estimate of drug-likeness (QED) is 0.657. The van der Waals surface area contributed by atoms with E-state index in [4.69, 9.17) is 5.73 Å². The summed E-state index contributed by atoms with van der Waals surface area (Å²) in [6.45, 7) is 8.87. The van der Waals surface area contributed by atoms with Crippen LogP contribution in [-0.2, 0) is 17.6 Å². The maximum Gasteiger partial charge on any atom is 0.254 e. The number of amides is 1. The summed E-state index contributed by atoms with van der Waals surface area (Å²) in [5, 5.41) is 7.17. The van der Waals surface area contributed by atoms with E-state index in [-0.39, 0.29) is 11.9 Å². The van der Waals surface area contributed by atoms with Gasteiger partial charge in [-0.15, -0.1) is 5.10 Å². The minimum absolute atomic E-state index is 0.0378. The Morgan fingerprint density at radius 3 is 2.54 bits per heavy atom. The molecule has 0 spiro atoms. The van der Waals surface area contributed by atoms with E-state index in [0.717, 1.165) is 23.4 Å². The summed E-state index contributed by atoms with van der Waals surface area (Å²) in [5.74, 6) is 1.26. The highest BCUT2D eigenvalue weighted by Crippen LogP contribution is 2.16. The molecule has 2 heterocycles. The Labute approximate surface area is 165 Å². The Hall–Kier alpha value is -2.96. The van der Waals surface area contributed by atoms with Crippen molar-refractivity contribution >= 4 is 17.6 Å². The number of aromatic nitrogens is 4. The van der Waals surface area contributed by atoms with Crippen LogP contribution in [0.4, 0.5) is 5.95 Å². The molecule has 0 unspecified atom stereocenters. The fourth-order valence-corrected chi connectivity index (χ4v) is 3.33. The van der Waals surface area contributed by atoms with Crippen LogP contribution in [0, 0.1) is 13.8 Å². The Balaban J connectivity index is 1.52. The highest BCUT2D eigenvalue weighted by molar-refractivity contribution is 5.76. The highest BCUT2D eigenvalue weighted by Gasteiger charge is 2.13. The number of nitrogens with two attached hydrogens (primary N) is 1. The van der Waals surface area contributed by atoms with Crippen LogP contribution in [0.1, 0.15) is 54.3 Å². The van der Waals surface area contributed by atoms with Crippen molar-refractivity contribution in [2.45, 2.75) is 52.9 Å². The number of benzene rings is 1. The molecule has 2 aromatic heterocycles. The first-order valence-electron chi connectivity index (χ1n) is 9.69. The van der Waals surface area contributed by atoms with Crippen LogP contribution >= 0.6 is 0 Å². The third kappa shape index (κ3) is 4.47. The third-order valence-electron chi connectivity index (χ3n) is 5.05. The molecule has 0 aliphatic carbocycles. The van der Waals surface area contributed by atoms with Gasteiger partial charge in [0.1, 0.15) is 0 Å². The third-order valence-corrected chi connectivity index (χ3v) is 5.05. The van der Waals surface area contributed by atoms with Crippen LogP contribution in [0.5, 0.6) is 0 Å². The maximum atomic E-state index is 12.3. The molecule has 7 nitrogen and oxygen atoms in total. The number of hydrogen-bond acceptors (Lipinski definition) is 5. The van der Waals surface area contributed by atoms with E-state index >= 15 is 0 Å². The van der Waals surface area contributed by atoms with Crippen molar-refractivity contribution in [3.8, 4) is 0 Å². The second-order valence-electron chi connectivity index (χ2n) is 7.44. The lowest BCUT2D eigenvalue weighted by molar-refractivity contribution is -0.121. The van der Waals surface area contributed by atoms with Gasteiger partial charge in [0, 0.05) is 24.4 Å². The molecule has 3 rings (SSSR count). The van der Waals surface area contributed by atoms with Crippen molar-refractivity contribution in [3.05, 3.63) is 52.3 Å². The van der Waals surface area contributed by atoms with Crippen LogP contribution in [-0.4, -0.2) is 32.0 Å². The molecule has 1 aromatic carbocycles. The molecular formula is C21H28N6O. The normalized spacial score (nSPS) is 11.3. The van der Waals surface area contributed by atoms with Crippen molar-refractivity contribution < 1.29 is 4.79 Å². The second kappa shape index (κ2) is 8.37. The van der Waals surface area contributed by atoms with E-state index in [1.165, 1.54) is 11.1 Å². The van der Waals surface area contributed by atoms with Crippen molar-refractivity contribution in [2.24, 2.45) is 0 Å². The van der Waals surface area contributed by atoms with E-state index in [1.54, 1.807) is 4.52 Å². The molecule has 1 amide bonds. The lowest BCUT2D eigenvalue weighted by atomic mass is 10.0. The van der Waals surface area contributed by atoms with Gasteiger partial charge in [-0.2, -0.15) is 9.50 Å². The van der Waals surface area contributed by atoms with Gasteiger partial charge in [-0.1, -0.05) is 38.1 Å². The smallest absolute Gasteiger partial charge is 0.254 e. The number of carbonyl (C=O) groups excluding carboxylic acids is 1. The van der Waals surface area contributed by atoms with Crippen LogP contribution in [0.2, 0.25) is 0 Å². The van der Waals surface area contributed by atoms with Gasteiger partial charge in [-0.05, 0) is 49.3 Å². The predicted octanol–water partition coefficient (Wildman–Crippen LogP) is 2.74. The molecule has 7 heteroatoms. The van der Waals surface area contributed by atoms with Crippen molar-refractivity contribution in [3.63, 3.8) is 0 Å². The first-order valence-corrected chi connectivity index (χ1v) is 9.69. The summed E-state index contributed by atoms with van der Waals surface area (Å²) in [4.78, 5) is 20.8. The zero-order valence-electron chi connectivity index (χ0n) is 17.0. The molecule has 0 radical (unpaired) electrons. The summed E-state index contributed by atoms with van der Waals surface area (Å²) in [6, 6.07) is 8.60. The molecule has 3 N–H and O–H groups in total. The molecule has 0 bridgehead atoms. The van der Waals surface area contributed by atoms with Crippen molar-refractivity contribution in [1.29, 1.82) is 0 Å². The zero-order valence-corrected chi connectivity index (χ0v) is 17.0. The maximum absolute atomic E-state index is 12.3. The van der Waals surface area contributed by atoms with Crippen LogP contribution < -0.4 is 11.1 Å². The van der Waals surface area contributed by atoms with Gasteiger partial charge < -0.3 is 11.1 Å². The summed E-state index contributed by atoms with van der Waals surface area (Å²) >= 11 is 0. The van der Waals surface area contributed by atoms with Crippen molar-refractivity contribution in [2.75, 3.05) is 12.3 Å². The van der Waals surface area contributed by atoms with Gasteiger partial charge >= 0.3 is 0 Å². The van der Waals surface area contributed by atoms with E-state index in [2.05, 4.69) is 58.5 Å². The average molecular weight is 380 g/mol. The molecule has 148 valence electrons. The van der Waals surface area contributed by atoms with E-state index in [0.29, 0.717) is 31.1 Å². The molecule has 0 aliphatic rings. The summed E-state index contributed by atoms with van der Waals surface area (Å²) in [6.07, 6.45) is 1.84. The van der Waals surface area contributed by atoms with E-state index in [1.807, 2.05) is 13.8 Å². The first-order chi connectivity index (χ1) is 13.3. The molecule has 0 aliphatic heterocycles. The number of nitrogen functional groups attached to an aromatic ring is 1. The van der Waals surface area contributed by atoms with Gasteiger partial charge in [0.25, 0.3) is 5.78 Å². The number of anilines is 1. The Morgan fingerprint density at radius 1 is 1.14 bits per heavy atom. The van der Waals surface area contributed by atoms with Gasteiger partial charge in [-0.3, -0.25) is 4.79 Å². The molecule has 3 aromatic rings. The number of fused-ring (bicyclic) bond motifs is 1. The standard InChI is InChI=1S/C21H28N6O/c1-13(2)17-7-5-16(6-8-17)11-12-23-19(28)10-9-18-14(3)24-21-25-20(22)26-27(21)15(18)4/h5-8,13H,9-12H2,1-4H3,(H2,22,26)(H,23,28). The number of nitrogens with one attached hydrogen (secondary N) is 1. The molecule has 0 saturated heterocycles. The zero-order chi connectivity index (χ0) is 20.3. The molecule has 0 saturated carbocycles. The monoisotopic (exact) mass is 380 g/mol.